The fraction of sp³-hybridized carbons (Fsp3) is 0.932. The van der Waals surface area contributed by atoms with Gasteiger partial charge >= 0.3 is 17.9 Å². The van der Waals surface area contributed by atoms with Crippen LogP contribution in [0.3, 0.4) is 0 Å². The standard InChI is InChI=1S/C44H84O6/c1-6-8-9-10-17-24-29-34-42(45)48-37-41(38-49-43(46)35-30-25-21-20-23-28-33-40(5)7-2)50-44(47)36-31-26-19-16-14-12-11-13-15-18-22-27-32-39(3)4/h39-41H,6-38H2,1-5H3/t40?,41-/m1/s1. The van der Waals surface area contributed by atoms with Crippen molar-refractivity contribution in [1.29, 1.82) is 0 Å². The van der Waals surface area contributed by atoms with Gasteiger partial charge < -0.3 is 14.2 Å². The first-order valence-corrected chi connectivity index (χ1v) is 21.8. The molecule has 6 nitrogen and oxygen atoms in total. The Morgan fingerprint density at radius 3 is 1.14 bits per heavy atom. The summed E-state index contributed by atoms with van der Waals surface area (Å²) in [5.74, 6) is 0.778. The Balaban J connectivity index is 4.29. The van der Waals surface area contributed by atoms with Crippen LogP contribution in [-0.4, -0.2) is 37.2 Å². The smallest absolute Gasteiger partial charge is 0.306 e. The molecule has 0 spiro atoms. The number of carbonyl (C=O) groups is 3. The van der Waals surface area contributed by atoms with Crippen LogP contribution in [0.15, 0.2) is 0 Å². The lowest BCUT2D eigenvalue weighted by Crippen LogP contribution is -2.30. The SMILES string of the molecule is CCCCCCCCCC(=O)OC[C@H](COC(=O)CCCCCCCCC(C)CC)OC(=O)CCCCCCCCCCCCCCC(C)C. The van der Waals surface area contributed by atoms with Crippen LogP contribution in [0.2, 0.25) is 0 Å². The van der Waals surface area contributed by atoms with Gasteiger partial charge in [0.1, 0.15) is 13.2 Å². The molecule has 2 atom stereocenters. The van der Waals surface area contributed by atoms with E-state index in [-0.39, 0.29) is 31.1 Å². The van der Waals surface area contributed by atoms with Crippen LogP contribution >= 0.6 is 0 Å². The highest BCUT2D eigenvalue weighted by Gasteiger charge is 2.19. The van der Waals surface area contributed by atoms with Crippen molar-refractivity contribution in [2.45, 2.75) is 240 Å². The lowest BCUT2D eigenvalue weighted by Gasteiger charge is -2.18. The van der Waals surface area contributed by atoms with E-state index in [0.717, 1.165) is 69.6 Å². The summed E-state index contributed by atoms with van der Waals surface area (Å²) in [7, 11) is 0. The number of hydrogen-bond acceptors (Lipinski definition) is 6. The fourth-order valence-electron chi connectivity index (χ4n) is 6.37. The van der Waals surface area contributed by atoms with E-state index in [1.165, 1.54) is 122 Å². The van der Waals surface area contributed by atoms with E-state index in [4.69, 9.17) is 14.2 Å². The van der Waals surface area contributed by atoms with Crippen molar-refractivity contribution in [3.05, 3.63) is 0 Å². The molecule has 0 fully saturated rings. The van der Waals surface area contributed by atoms with Crippen LogP contribution in [0, 0.1) is 11.8 Å². The molecule has 0 amide bonds. The van der Waals surface area contributed by atoms with Crippen LogP contribution in [-0.2, 0) is 28.6 Å². The second-order valence-electron chi connectivity index (χ2n) is 15.7. The van der Waals surface area contributed by atoms with E-state index < -0.39 is 6.10 Å². The van der Waals surface area contributed by atoms with Gasteiger partial charge in [0, 0.05) is 19.3 Å². The minimum absolute atomic E-state index is 0.0665. The van der Waals surface area contributed by atoms with Crippen LogP contribution in [0.4, 0.5) is 0 Å². The third-order valence-electron chi connectivity index (χ3n) is 10.1. The Morgan fingerprint density at radius 2 is 0.760 bits per heavy atom. The first-order chi connectivity index (χ1) is 24.3. The maximum atomic E-state index is 12.7. The van der Waals surface area contributed by atoms with E-state index in [0.29, 0.717) is 19.3 Å². The molecule has 0 bridgehead atoms. The van der Waals surface area contributed by atoms with Gasteiger partial charge in [0.15, 0.2) is 6.10 Å². The lowest BCUT2D eigenvalue weighted by molar-refractivity contribution is -0.167. The second-order valence-corrected chi connectivity index (χ2v) is 15.7. The van der Waals surface area contributed by atoms with E-state index in [1.54, 1.807) is 0 Å². The molecule has 1 unspecified atom stereocenters. The minimum Gasteiger partial charge on any atom is -0.462 e. The Hall–Kier alpha value is -1.59. The van der Waals surface area contributed by atoms with Crippen molar-refractivity contribution in [3.63, 3.8) is 0 Å². The number of rotatable bonds is 38. The van der Waals surface area contributed by atoms with Crippen molar-refractivity contribution in [3.8, 4) is 0 Å². The van der Waals surface area contributed by atoms with E-state index in [9.17, 15) is 14.4 Å². The predicted octanol–water partition coefficient (Wildman–Crippen LogP) is 13.4. The number of hydrogen-bond donors (Lipinski definition) is 0. The molecule has 0 saturated heterocycles. The molecular weight excluding hydrogens is 624 g/mol. The molecule has 6 heteroatoms. The lowest BCUT2D eigenvalue weighted by atomic mass is 10.00. The van der Waals surface area contributed by atoms with Crippen LogP contribution in [0.1, 0.15) is 234 Å². The van der Waals surface area contributed by atoms with Gasteiger partial charge in [-0.2, -0.15) is 0 Å². The number of ether oxygens (including phenoxy) is 3. The minimum atomic E-state index is -0.759. The van der Waals surface area contributed by atoms with Crippen molar-refractivity contribution >= 4 is 17.9 Å². The summed E-state index contributed by atoms with van der Waals surface area (Å²) < 4.78 is 16.6. The van der Waals surface area contributed by atoms with Gasteiger partial charge in [0.25, 0.3) is 0 Å². The maximum Gasteiger partial charge on any atom is 0.306 e. The highest BCUT2D eigenvalue weighted by Crippen LogP contribution is 2.17. The Morgan fingerprint density at radius 1 is 0.420 bits per heavy atom. The molecule has 296 valence electrons. The molecule has 0 aliphatic heterocycles. The first kappa shape index (κ1) is 48.4. The molecule has 0 aromatic rings. The average Bonchev–Trinajstić information content (AvgIpc) is 3.09. The first-order valence-electron chi connectivity index (χ1n) is 21.8. The third-order valence-corrected chi connectivity index (χ3v) is 10.1. The van der Waals surface area contributed by atoms with Gasteiger partial charge in [0.2, 0.25) is 0 Å². The van der Waals surface area contributed by atoms with Crippen molar-refractivity contribution < 1.29 is 28.6 Å². The monoisotopic (exact) mass is 709 g/mol. The summed E-state index contributed by atoms with van der Waals surface area (Å²) in [6.45, 7) is 11.3. The summed E-state index contributed by atoms with van der Waals surface area (Å²) in [6.07, 6.45) is 33.8. The highest BCUT2D eigenvalue weighted by atomic mass is 16.6. The molecule has 0 aromatic carbocycles. The average molecular weight is 709 g/mol. The molecule has 50 heavy (non-hydrogen) atoms. The van der Waals surface area contributed by atoms with Crippen molar-refractivity contribution in [2.75, 3.05) is 13.2 Å². The largest absolute Gasteiger partial charge is 0.462 e. The van der Waals surface area contributed by atoms with Gasteiger partial charge in [-0.3, -0.25) is 14.4 Å². The maximum absolute atomic E-state index is 12.7. The Kier molecular flexibility index (Phi) is 36.0. The predicted molar refractivity (Wildman–Crippen MR) is 210 cm³/mol. The topological polar surface area (TPSA) is 78.9 Å². The molecule has 0 aliphatic rings. The van der Waals surface area contributed by atoms with Gasteiger partial charge in [-0.05, 0) is 31.1 Å². The second kappa shape index (κ2) is 37.2. The molecule has 0 N–H and O–H groups in total. The summed E-state index contributed by atoms with van der Waals surface area (Å²) in [4.78, 5) is 37.5. The van der Waals surface area contributed by atoms with Crippen molar-refractivity contribution in [1.82, 2.24) is 0 Å². The van der Waals surface area contributed by atoms with Gasteiger partial charge in [0.05, 0.1) is 0 Å². The quantitative estimate of drug-likeness (QED) is 0.0361. The number of carbonyl (C=O) groups excluding carboxylic acids is 3. The van der Waals surface area contributed by atoms with E-state index in [1.807, 2.05) is 0 Å². The van der Waals surface area contributed by atoms with E-state index >= 15 is 0 Å². The molecule has 0 radical (unpaired) electrons. The normalized spacial score (nSPS) is 12.6. The van der Waals surface area contributed by atoms with Gasteiger partial charge in [-0.25, -0.2) is 0 Å². The third kappa shape index (κ3) is 36.2. The number of esters is 3. The number of unbranched alkanes of at least 4 members (excludes halogenated alkanes) is 22. The Labute approximate surface area is 310 Å². The highest BCUT2D eigenvalue weighted by molar-refractivity contribution is 5.71. The van der Waals surface area contributed by atoms with Crippen LogP contribution in [0.5, 0.6) is 0 Å². The molecule has 0 aliphatic carbocycles. The summed E-state index contributed by atoms with van der Waals surface area (Å²) in [5, 5.41) is 0. The Bertz CT molecular complexity index is 766. The summed E-state index contributed by atoms with van der Waals surface area (Å²) in [5.41, 5.74) is 0. The fourth-order valence-corrected chi connectivity index (χ4v) is 6.37. The van der Waals surface area contributed by atoms with Gasteiger partial charge in [-0.1, -0.05) is 195 Å². The summed E-state index contributed by atoms with van der Waals surface area (Å²) in [6, 6.07) is 0. The van der Waals surface area contributed by atoms with E-state index in [2.05, 4.69) is 34.6 Å². The van der Waals surface area contributed by atoms with Crippen molar-refractivity contribution in [2.24, 2.45) is 11.8 Å². The molecule has 0 rings (SSSR count). The zero-order valence-corrected chi connectivity index (χ0v) is 34.0. The van der Waals surface area contributed by atoms with Crippen LogP contribution < -0.4 is 0 Å². The molecular formula is C44H84O6. The molecule has 0 aromatic heterocycles. The van der Waals surface area contributed by atoms with Crippen LogP contribution in [0.25, 0.3) is 0 Å². The molecule has 0 saturated carbocycles. The summed E-state index contributed by atoms with van der Waals surface area (Å²) >= 11 is 0. The zero-order chi connectivity index (χ0) is 36.9. The molecule has 0 heterocycles. The van der Waals surface area contributed by atoms with Gasteiger partial charge in [-0.15, -0.1) is 0 Å². The zero-order valence-electron chi connectivity index (χ0n) is 34.0.